The Hall–Kier alpha value is -1.49. The van der Waals surface area contributed by atoms with Crippen molar-refractivity contribution in [3.63, 3.8) is 0 Å². The van der Waals surface area contributed by atoms with Gasteiger partial charge >= 0.3 is 0 Å². The SMILES string of the molecule is CCNc1cc(CC(C)C)nc(-c2cc(F)ccc2Br)n1. The predicted octanol–water partition coefficient (Wildman–Crippen LogP) is 4.68. The number of nitrogens with one attached hydrogen (secondary N) is 1. The maximum atomic E-state index is 13.5. The van der Waals surface area contributed by atoms with Crippen LogP contribution in [0.5, 0.6) is 0 Å². The van der Waals surface area contributed by atoms with Crippen LogP contribution in [0.25, 0.3) is 11.4 Å². The standard InChI is InChI=1S/C16H19BrFN3/c1-4-19-15-9-12(7-10(2)3)20-16(21-15)13-8-11(18)5-6-14(13)17/h5-6,8-10H,4,7H2,1-3H3,(H,19,20,21). The number of nitrogens with zero attached hydrogens (tertiary/aromatic N) is 2. The molecule has 0 unspecified atom stereocenters. The summed E-state index contributed by atoms with van der Waals surface area (Å²) in [5.74, 6) is 1.51. The summed E-state index contributed by atoms with van der Waals surface area (Å²) in [5, 5.41) is 3.21. The molecule has 1 N–H and O–H groups in total. The fourth-order valence-corrected chi connectivity index (χ4v) is 2.51. The highest BCUT2D eigenvalue weighted by Gasteiger charge is 2.12. The van der Waals surface area contributed by atoms with Crippen molar-refractivity contribution in [2.75, 3.05) is 11.9 Å². The van der Waals surface area contributed by atoms with Crippen molar-refractivity contribution in [1.29, 1.82) is 0 Å². The Morgan fingerprint density at radius 3 is 2.67 bits per heavy atom. The van der Waals surface area contributed by atoms with E-state index in [4.69, 9.17) is 0 Å². The van der Waals surface area contributed by atoms with E-state index >= 15 is 0 Å². The zero-order valence-electron chi connectivity index (χ0n) is 12.5. The van der Waals surface area contributed by atoms with E-state index in [2.05, 4.69) is 45.1 Å². The number of halogens is 2. The van der Waals surface area contributed by atoms with Crippen molar-refractivity contribution in [1.82, 2.24) is 9.97 Å². The van der Waals surface area contributed by atoms with Crippen LogP contribution in [0.1, 0.15) is 26.5 Å². The Balaban J connectivity index is 2.50. The third kappa shape index (κ3) is 4.24. The van der Waals surface area contributed by atoms with E-state index in [1.54, 1.807) is 6.07 Å². The summed E-state index contributed by atoms with van der Waals surface area (Å²) >= 11 is 3.44. The van der Waals surface area contributed by atoms with Crippen molar-refractivity contribution in [3.05, 3.63) is 40.2 Å². The van der Waals surface area contributed by atoms with Crippen LogP contribution in [0.15, 0.2) is 28.7 Å². The molecule has 1 aromatic carbocycles. The number of benzene rings is 1. The second kappa shape index (κ2) is 6.98. The molecule has 0 aliphatic rings. The van der Waals surface area contributed by atoms with Gasteiger partial charge in [0.2, 0.25) is 0 Å². The van der Waals surface area contributed by atoms with Crippen molar-refractivity contribution >= 4 is 21.7 Å². The summed E-state index contributed by atoms with van der Waals surface area (Å²) in [6.07, 6.45) is 0.862. The molecule has 1 heterocycles. The van der Waals surface area contributed by atoms with Gasteiger partial charge in [0.1, 0.15) is 11.6 Å². The fraction of sp³-hybridized carbons (Fsp3) is 0.375. The van der Waals surface area contributed by atoms with Gasteiger partial charge in [-0.15, -0.1) is 0 Å². The van der Waals surface area contributed by atoms with Gasteiger partial charge in [-0.2, -0.15) is 0 Å². The first kappa shape index (κ1) is 15.9. The predicted molar refractivity (Wildman–Crippen MR) is 87.8 cm³/mol. The van der Waals surface area contributed by atoms with Gasteiger partial charge in [-0.05, 0) is 37.5 Å². The van der Waals surface area contributed by atoms with Crippen LogP contribution in [-0.4, -0.2) is 16.5 Å². The van der Waals surface area contributed by atoms with Gasteiger partial charge in [0.05, 0.1) is 0 Å². The van der Waals surface area contributed by atoms with Crippen LogP contribution in [0.2, 0.25) is 0 Å². The summed E-state index contributed by atoms with van der Waals surface area (Å²) in [6.45, 7) is 7.09. The average molecular weight is 352 g/mol. The van der Waals surface area contributed by atoms with Crippen molar-refractivity contribution in [2.45, 2.75) is 27.2 Å². The molecule has 0 fully saturated rings. The molecule has 0 aliphatic heterocycles. The summed E-state index contributed by atoms with van der Waals surface area (Å²) in [6, 6.07) is 6.50. The maximum absolute atomic E-state index is 13.5. The molecule has 0 saturated heterocycles. The topological polar surface area (TPSA) is 37.8 Å². The lowest BCUT2D eigenvalue weighted by molar-refractivity contribution is 0.627. The van der Waals surface area contributed by atoms with E-state index in [1.165, 1.54) is 12.1 Å². The monoisotopic (exact) mass is 351 g/mol. The van der Waals surface area contributed by atoms with Gasteiger partial charge in [-0.1, -0.05) is 29.8 Å². The van der Waals surface area contributed by atoms with Crippen molar-refractivity contribution < 1.29 is 4.39 Å². The Bertz CT molecular complexity index is 629. The van der Waals surface area contributed by atoms with Crippen molar-refractivity contribution in [2.24, 2.45) is 5.92 Å². The number of anilines is 1. The second-order valence-electron chi connectivity index (χ2n) is 5.32. The molecule has 2 aromatic rings. The highest BCUT2D eigenvalue weighted by molar-refractivity contribution is 9.10. The van der Waals surface area contributed by atoms with Gasteiger partial charge in [0.15, 0.2) is 5.82 Å². The van der Waals surface area contributed by atoms with Gasteiger partial charge in [0.25, 0.3) is 0 Å². The molecule has 0 saturated carbocycles. The van der Waals surface area contributed by atoms with E-state index < -0.39 is 0 Å². The highest BCUT2D eigenvalue weighted by Crippen LogP contribution is 2.28. The Kier molecular flexibility index (Phi) is 5.28. The average Bonchev–Trinajstić information content (AvgIpc) is 2.41. The third-order valence-corrected chi connectivity index (χ3v) is 3.62. The van der Waals surface area contributed by atoms with Gasteiger partial charge in [0, 0.05) is 28.3 Å². The third-order valence-electron chi connectivity index (χ3n) is 2.92. The summed E-state index contributed by atoms with van der Waals surface area (Å²) in [5.41, 5.74) is 1.63. The Morgan fingerprint density at radius 2 is 2.00 bits per heavy atom. The molecule has 112 valence electrons. The van der Waals surface area contributed by atoms with E-state index in [0.29, 0.717) is 17.3 Å². The van der Waals surface area contributed by atoms with E-state index in [0.717, 1.165) is 29.0 Å². The second-order valence-corrected chi connectivity index (χ2v) is 6.17. The minimum atomic E-state index is -0.295. The van der Waals surface area contributed by atoms with E-state index in [9.17, 15) is 4.39 Å². The number of aromatic nitrogens is 2. The number of hydrogen-bond donors (Lipinski definition) is 1. The minimum absolute atomic E-state index is 0.295. The normalized spacial score (nSPS) is 11.0. The quantitative estimate of drug-likeness (QED) is 0.849. The number of rotatable bonds is 5. The first-order chi connectivity index (χ1) is 9.99. The zero-order valence-corrected chi connectivity index (χ0v) is 14.0. The van der Waals surface area contributed by atoms with Crippen LogP contribution >= 0.6 is 15.9 Å². The molecule has 0 amide bonds. The van der Waals surface area contributed by atoms with Crippen LogP contribution in [0.4, 0.5) is 10.2 Å². The van der Waals surface area contributed by atoms with E-state index in [1.807, 2.05) is 13.0 Å². The molecule has 0 bridgehead atoms. The molecule has 0 spiro atoms. The van der Waals surface area contributed by atoms with Crippen LogP contribution in [-0.2, 0) is 6.42 Å². The Morgan fingerprint density at radius 1 is 1.24 bits per heavy atom. The first-order valence-electron chi connectivity index (χ1n) is 7.06. The zero-order chi connectivity index (χ0) is 15.4. The maximum Gasteiger partial charge on any atom is 0.163 e. The molecule has 21 heavy (non-hydrogen) atoms. The molecular formula is C16H19BrFN3. The van der Waals surface area contributed by atoms with Gasteiger partial charge in [-0.25, -0.2) is 14.4 Å². The lowest BCUT2D eigenvalue weighted by atomic mass is 10.1. The highest BCUT2D eigenvalue weighted by atomic mass is 79.9. The summed E-state index contributed by atoms with van der Waals surface area (Å²) < 4.78 is 14.3. The summed E-state index contributed by atoms with van der Waals surface area (Å²) in [7, 11) is 0. The first-order valence-corrected chi connectivity index (χ1v) is 7.86. The molecule has 2 rings (SSSR count). The fourth-order valence-electron chi connectivity index (χ4n) is 2.08. The molecule has 0 atom stereocenters. The molecular weight excluding hydrogens is 333 g/mol. The molecule has 5 heteroatoms. The lowest BCUT2D eigenvalue weighted by Gasteiger charge is -2.11. The van der Waals surface area contributed by atoms with Crippen LogP contribution < -0.4 is 5.32 Å². The van der Waals surface area contributed by atoms with E-state index in [-0.39, 0.29) is 5.82 Å². The lowest BCUT2D eigenvalue weighted by Crippen LogP contribution is -2.06. The summed E-state index contributed by atoms with van der Waals surface area (Å²) in [4.78, 5) is 9.06. The van der Waals surface area contributed by atoms with Gasteiger partial charge in [-0.3, -0.25) is 0 Å². The minimum Gasteiger partial charge on any atom is -0.370 e. The number of hydrogen-bond acceptors (Lipinski definition) is 3. The molecule has 1 aromatic heterocycles. The largest absolute Gasteiger partial charge is 0.370 e. The molecule has 0 radical (unpaired) electrons. The smallest absolute Gasteiger partial charge is 0.163 e. The molecule has 3 nitrogen and oxygen atoms in total. The Labute approximate surface area is 133 Å². The van der Waals surface area contributed by atoms with Gasteiger partial charge < -0.3 is 5.32 Å². The van der Waals surface area contributed by atoms with Crippen molar-refractivity contribution in [3.8, 4) is 11.4 Å². The molecule has 0 aliphatic carbocycles. The van der Waals surface area contributed by atoms with Crippen LogP contribution in [0, 0.1) is 11.7 Å². The van der Waals surface area contributed by atoms with Crippen LogP contribution in [0.3, 0.4) is 0 Å².